The molecule has 1 N–H and O–H groups in total. The summed E-state index contributed by atoms with van der Waals surface area (Å²) >= 11 is 2.76. The molecule has 0 aliphatic heterocycles. The van der Waals surface area contributed by atoms with E-state index in [1.54, 1.807) is 29.7 Å². The Morgan fingerprint density at radius 1 is 1.24 bits per heavy atom. The van der Waals surface area contributed by atoms with Crippen LogP contribution in [0.4, 0.5) is 10.1 Å². The molecule has 4 aromatic rings. The Balaban J connectivity index is 1.56. The Bertz CT molecular complexity index is 1350. The number of fused-ring (bicyclic) bond motifs is 1. The van der Waals surface area contributed by atoms with E-state index in [1.807, 2.05) is 24.6 Å². The lowest BCUT2D eigenvalue weighted by Gasteiger charge is -2.14. The van der Waals surface area contributed by atoms with Gasteiger partial charge in [0.25, 0.3) is 0 Å². The van der Waals surface area contributed by atoms with Crippen molar-refractivity contribution < 1.29 is 18.7 Å². The van der Waals surface area contributed by atoms with Crippen LogP contribution in [-0.4, -0.2) is 40.9 Å². The Morgan fingerprint density at radius 3 is 2.82 bits per heavy atom. The van der Waals surface area contributed by atoms with Gasteiger partial charge in [0.2, 0.25) is 5.91 Å². The van der Waals surface area contributed by atoms with Gasteiger partial charge < -0.3 is 10.1 Å². The molecule has 0 saturated heterocycles. The van der Waals surface area contributed by atoms with E-state index < -0.39 is 17.7 Å². The van der Waals surface area contributed by atoms with E-state index in [4.69, 9.17) is 9.72 Å². The molecule has 3 aromatic heterocycles. The Labute approximate surface area is 203 Å². The van der Waals surface area contributed by atoms with Gasteiger partial charge in [-0.3, -0.25) is 9.69 Å². The van der Waals surface area contributed by atoms with Crippen molar-refractivity contribution in [1.29, 1.82) is 0 Å². The maximum atomic E-state index is 13.4. The number of esters is 1. The number of nitrogens with one attached hydrogen (secondary N) is 1. The Kier molecular flexibility index (Phi) is 7.41. The molecule has 0 aliphatic rings. The Morgan fingerprint density at radius 2 is 2.09 bits per heavy atom. The molecule has 0 fully saturated rings. The monoisotopic (exact) mass is 496 g/mol. The number of thiophene rings is 1. The zero-order valence-corrected chi connectivity index (χ0v) is 20.1. The number of rotatable bonds is 8. The maximum absolute atomic E-state index is 13.4. The number of aromatic nitrogens is 2. The number of thiazole rings is 1. The fourth-order valence-corrected chi connectivity index (χ4v) is 5.07. The number of pyridine rings is 1. The van der Waals surface area contributed by atoms with Crippen molar-refractivity contribution in [2.45, 2.75) is 13.1 Å². The number of carbonyl (C=O) groups is 2. The highest BCUT2D eigenvalue weighted by Gasteiger charge is 2.21. The molecule has 0 bridgehead atoms. The molecule has 34 heavy (non-hydrogen) atoms. The van der Waals surface area contributed by atoms with E-state index in [0.29, 0.717) is 34.6 Å². The third-order valence-corrected chi connectivity index (χ3v) is 6.67. The van der Waals surface area contributed by atoms with E-state index in [0.717, 1.165) is 22.0 Å². The molecule has 1 amide bonds. The van der Waals surface area contributed by atoms with Gasteiger partial charge in [-0.1, -0.05) is 12.1 Å². The van der Waals surface area contributed by atoms with Crippen LogP contribution in [0.3, 0.4) is 0 Å². The van der Waals surface area contributed by atoms with Crippen molar-refractivity contribution in [3.05, 3.63) is 81.0 Å². The summed E-state index contributed by atoms with van der Waals surface area (Å²) in [5, 5.41) is 6.36. The molecule has 0 radical (unpaired) electrons. The van der Waals surface area contributed by atoms with Gasteiger partial charge in [0.15, 0.2) is 0 Å². The number of methoxy groups -OCH3 is 1. The van der Waals surface area contributed by atoms with Crippen LogP contribution in [0.5, 0.6) is 0 Å². The van der Waals surface area contributed by atoms with Gasteiger partial charge in [-0.05, 0) is 43.0 Å². The first-order valence-corrected chi connectivity index (χ1v) is 11.9. The fourth-order valence-electron chi connectivity index (χ4n) is 3.31. The van der Waals surface area contributed by atoms with Gasteiger partial charge in [-0.25, -0.2) is 19.2 Å². The molecule has 1 aromatic carbocycles. The molecule has 0 spiro atoms. The lowest BCUT2D eigenvalue weighted by molar-refractivity contribution is -0.111. The SMILES string of the molecule is COC(=O)c1sc2nc(CN(C)Cc3nccs3)ccc2c1NC(=O)/C=C/c1cccc(F)c1. The van der Waals surface area contributed by atoms with Crippen LogP contribution in [0.1, 0.15) is 25.9 Å². The number of hydrogen-bond acceptors (Lipinski definition) is 8. The standard InChI is InChI=1S/C24H21FN4O3S2/c1-29(14-20-26-10-11-33-20)13-17-7-8-18-21(22(24(31)32-2)34-23(18)27-17)28-19(30)9-6-15-4-3-5-16(25)12-15/h3-12H,13-14H2,1-2H3,(H,28,30)/b9-6+. The fraction of sp³-hybridized carbons (Fsp3) is 0.167. The van der Waals surface area contributed by atoms with Gasteiger partial charge in [-0.2, -0.15) is 0 Å². The number of carbonyl (C=O) groups excluding carboxylic acids is 2. The normalized spacial score (nSPS) is 11.4. The Hall–Kier alpha value is -3.47. The highest BCUT2D eigenvalue weighted by atomic mass is 32.1. The summed E-state index contributed by atoms with van der Waals surface area (Å²) in [6, 6.07) is 9.60. The van der Waals surface area contributed by atoms with Crippen molar-refractivity contribution in [3.8, 4) is 0 Å². The summed E-state index contributed by atoms with van der Waals surface area (Å²) in [6.07, 6.45) is 4.56. The first kappa shape index (κ1) is 23.7. The minimum Gasteiger partial charge on any atom is -0.465 e. The number of amides is 1. The largest absolute Gasteiger partial charge is 0.465 e. The second kappa shape index (κ2) is 10.6. The van der Waals surface area contributed by atoms with Crippen LogP contribution in [0, 0.1) is 5.82 Å². The van der Waals surface area contributed by atoms with Crippen molar-refractivity contribution in [2.24, 2.45) is 0 Å². The minimum atomic E-state index is -0.560. The van der Waals surface area contributed by atoms with Crippen LogP contribution < -0.4 is 5.32 Å². The number of benzene rings is 1. The summed E-state index contributed by atoms with van der Waals surface area (Å²) in [7, 11) is 3.27. The van der Waals surface area contributed by atoms with Crippen molar-refractivity contribution in [1.82, 2.24) is 14.9 Å². The molecule has 10 heteroatoms. The molecule has 7 nitrogen and oxygen atoms in total. The lowest BCUT2D eigenvalue weighted by Crippen LogP contribution is -2.17. The summed E-state index contributed by atoms with van der Waals surface area (Å²) in [4.78, 5) is 36.9. The molecule has 174 valence electrons. The minimum absolute atomic E-state index is 0.255. The zero-order chi connectivity index (χ0) is 24.1. The van der Waals surface area contributed by atoms with E-state index in [-0.39, 0.29) is 4.88 Å². The smallest absolute Gasteiger partial charge is 0.350 e. The predicted octanol–water partition coefficient (Wildman–Crippen LogP) is 4.96. The molecule has 0 unspecified atom stereocenters. The summed E-state index contributed by atoms with van der Waals surface area (Å²) in [6.45, 7) is 1.30. The quantitative estimate of drug-likeness (QED) is 0.274. The number of anilines is 1. The van der Waals surface area contributed by atoms with Crippen molar-refractivity contribution in [2.75, 3.05) is 19.5 Å². The third-order valence-electron chi connectivity index (χ3n) is 4.83. The molecule has 4 rings (SSSR count). The summed E-state index contributed by atoms with van der Waals surface area (Å²) in [5.74, 6) is -1.41. The summed E-state index contributed by atoms with van der Waals surface area (Å²) in [5.41, 5.74) is 1.72. The third kappa shape index (κ3) is 5.71. The topological polar surface area (TPSA) is 84.4 Å². The van der Waals surface area contributed by atoms with Gasteiger partial charge in [0.05, 0.1) is 25.0 Å². The predicted molar refractivity (Wildman–Crippen MR) is 132 cm³/mol. The van der Waals surface area contributed by atoms with E-state index >= 15 is 0 Å². The number of hydrogen-bond donors (Lipinski definition) is 1. The second-order valence-electron chi connectivity index (χ2n) is 7.43. The van der Waals surface area contributed by atoms with E-state index in [2.05, 4.69) is 15.2 Å². The zero-order valence-electron chi connectivity index (χ0n) is 18.4. The molecule has 3 heterocycles. The molecule has 0 aliphatic carbocycles. The van der Waals surface area contributed by atoms with Crippen LogP contribution in [-0.2, 0) is 22.6 Å². The van der Waals surface area contributed by atoms with E-state index in [9.17, 15) is 14.0 Å². The number of nitrogens with zero attached hydrogens (tertiary/aromatic N) is 3. The average molecular weight is 497 g/mol. The van der Waals surface area contributed by atoms with Crippen molar-refractivity contribution >= 4 is 56.5 Å². The first-order chi connectivity index (χ1) is 16.4. The summed E-state index contributed by atoms with van der Waals surface area (Å²) < 4.78 is 18.3. The molecular weight excluding hydrogens is 475 g/mol. The highest BCUT2D eigenvalue weighted by molar-refractivity contribution is 7.21. The molecule has 0 saturated carbocycles. The van der Waals surface area contributed by atoms with Gasteiger partial charge in [-0.15, -0.1) is 22.7 Å². The van der Waals surface area contributed by atoms with Crippen LogP contribution in [0.25, 0.3) is 16.3 Å². The highest BCUT2D eigenvalue weighted by Crippen LogP contribution is 2.35. The average Bonchev–Trinajstić information content (AvgIpc) is 3.45. The molecular formula is C24H21FN4O3S2. The van der Waals surface area contributed by atoms with Gasteiger partial charge in [0.1, 0.15) is 20.5 Å². The number of halogens is 1. The first-order valence-electron chi connectivity index (χ1n) is 10.2. The van der Waals surface area contributed by atoms with Gasteiger partial charge >= 0.3 is 5.97 Å². The maximum Gasteiger partial charge on any atom is 0.350 e. The number of ether oxygens (including phenoxy) is 1. The van der Waals surface area contributed by atoms with Crippen molar-refractivity contribution in [3.63, 3.8) is 0 Å². The second-order valence-corrected chi connectivity index (χ2v) is 9.41. The lowest BCUT2D eigenvalue weighted by atomic mass is 10.2. The van der Waals surface area contributed by atoms with Gasteiger partial charge in [0, 0.05) is 29.6 Å². The molecule has 0 atom stereocenters. The van der Waals surface area contributed by atoms with Crippen LogP contribution >= 0.6 is 22.7 Å². The van der Waals surface area contributed by atoms with E-state index in [1.165, 1.54) is 31.4 Å². The van der Waals surface area contributed by atoms with Crippen LogP contribution in [0.15, 0.2) is 54.1 Å². The van der Waals surface area contributed by atoms with Crippen LogP contribution in [0.2, 0.25) is 0 Å².